The largest absolute Gasteiger partial charge is 0.384 e. The van der Waals surface area contributed by atoms with Crippen molar-refractivity contribution in [1.82, 2.24) is 19.4 Å². The van der Waals surface area contributed by atoms with E-state index in [0.29, 0.717) is 25.6 Å². The molecular formula is C13H22N4O2. The van der Waals surface area contributed by atoms with Crippen LogP contribution in [0.3, 0.4) is 0 Å². The van der Waals surface area contributed by atoms with E-state index in [-0.39, 0.29) is 5.91 Å². The average molecular weight is 266 g/mol. The molecule has 0 radical (unpaired) electrons. The highest BCUT2D eigenvalue weighted by atomic mass is 16.5. The van der Waals surface area contributed by atoms with E-state index < -0.39 is 0 Å². The summed E-state index contributed by atoms with van der Waals surface area (Å²) in [6, 6.07) is 0. The Hall–Kier alpha value is -1.40. The topological polar surface area (TPSA) is 50.6 Å². The van der Waals surface area contributed by atoms with E-state index in [9.17, 15) is 4.79 Å². The van der Waals surface area contributed by atoms with Gasteiger partial charge in [0.15, 0.2) is 0 Å². The number of aromatic nitrogens is 2. The minimum Gasteiger partial charge on any atom is -0.384 e. The van der Waals surface area contributed by atoms with E-state index in [0.717, 1.165) is 18.8 Å². The van der Waals surface area contributed by atoms with Gasteiger partial charge < -0.3 is 19.1 Å². The number of carbonyl (C=O) groups excluding carboxylic acids is 1. The normalized spacial score (nSPS) is 19.4. The molecule has 1 amide bonds. The van der Waals surface area contributed by atoms with Crippen LogP contribution in [-0.2, 0) is 22.6 Å². The van der Waals surface area contributed by atoms with Crippen LogP contribution < -0.4 is 0 Å². The van der Waals surface area contributed by atoms with Gasteiger partial charge in [-0.05, 0) is 14.1 Å². The first-order valence-electron chi connectivity index (χ1n) is 6.50. The number of imidazole rings is 1. The second-order valence-corrected chi connectivity index (χ2v) is 5.37. The van der Waals surface area contributed by atoms with Gasteiger partial charge in [-0.25, -0.2) is 4.98 Å². The van der Waals surface area contributed by atoms with Crippen molar-refractivity contribution < 1.29 is 9.53 Å². The molecule has 19 heavy (non-hydrogen) atoms. The molecule has 106 valence electrons. The highest BCUT2D eigenvalue weighted by Gasteiger charge is 2.25. The minimum atomic E-state index is 0.153. The quantitative estimate of drug-likeness (QED) is 0.773. The second kappa shape index (κ2) is 6.16. The van der Waals surface area contributed by atoms with Crippen molar-refractivity contribution in [1.29, 1.82) is 0 Å². The zero-order valence-corrected chi connectivity index (χ0v) is 11.9. The van der Waals surface area contributed by atoms with E-state index in [2.05, 4.69) is 9.55 Å². The smallest absolute Gasteiger partial charge is 0.237 e. The van der Waals surface area contributed by atoms with E-state index in [1.807, 2.05) is 36.4 Å². The number of amides is 1. The number of carbonyl (C=O) groups is 1. The van der Waals surface area contributed by atoms with Crippen LogP contribution in [0.1, 0.15) is 5.69 Å². The Balaban J connectivity index is 2.13. The predicted octanol–water partition coefficient (Wildman–Crippen LogP) is 0.0495. The number of methoxy groups -OCH3 is 1. The second-order valence-electron chi connectivity index (χ2n) is 5.37. The van der Waals surface area contributed by atoms with Gasteiger partial charge >= 0.3 is 0 Å². The molecular weight excluding hydrogens is 244 g/mol. The Bertz CT molecular complexity index is 430. The summed E-state index contributed by atoms with van der Waals surface area (Å²) in [7, 11) is 5.52. The van der Waals surface area contributed by atoms with Crippen molar-refractivity contribution in [3.8, 4) is 0 Å². The summed E-state index contributed by atoms with van der Waals surface area (Å²) in [5.74, 6) is 0.465. The molecule has 0 aromatic carbocycles. The fourth-order valence-electron chi connectivity index (χ4n) is 2.45. The summed E-state index contributed by atoms with van der Waals surface area (Å²) in [5.41, 5.74) is 1.09. The maximum absolute atomic E-state index is 12.3. The number of nitrogens with zero attached hydrogens (tertiary/aromatic N) is 4. The van der Waals surface area contributed by atoms with Crippen molar-refractivity contribution in [2.24, 2.45) is 5.92 Å². The Morgan fingerprint density at radius 3 is 3.00 bits per heavy atom. The molecule has 1 aliphatic rings. The first-order chi connectivity index (χ1) is 9.10. The lowest BCUT2D eigenvalue weighted by Gasteiger charge is -2.25. The first kappa shape index (κ1) is 14.0. The third-order valence-electron chi connectivity index (χ3n) is 3.29. The molecule has 1 unspecified atom stereocenters. The molecule has 1 aromatic rings. The van der Waals surface area contributed by atoms with Crippen molar-refractivity contribution in [3.05, 3.63) is 18.2 Å². The molecule has 2 heterocycles. The third kappa shape index (κ3) is 3.54. The molecule has 6 nitrogen and oxygen atoms in total. The van der Waals surface area contributed by atoms with Crippen LogP contribution in [0.15, 0.2) is 12.5 Å². The molecule has 0 bridgehead atoms. The van der Waals surface area contributed by atoms with Crippen molar-refractivity contribution in [2.45, 2.75) is 13.1 Å². The molecule has 1 atom stereocenters. The molecule has 1 aromatic heterocycles. The van der Waals surface area contributed by atoms with Crippen molar-refractivity contribution in [3.63, 3.8) is 0 Å². The summed E-state index contributed by atoms with van der Waals surface area (Å²) in [5, 5.41) is 0. The molecule has 0 spiro atoms. The number of hydrogen-bond acceptors (Lipinski definition) is 4. The minimum absolute atomic E-state index is 0.153. The van der Waals surface area contributed by atoms with Crippen LogP contribution in [0.25, 0.3) is 0 Å². The molecule has 0 saturated carbocycles. The zero-order valence-electron chi connectivity index (χ0n) is 11.9. The van der Waals surface area contributed by atoms with Gasteiger partial charge in [-0.1, -0.05) is 0 Å². The standard InChI is InChI=1S/C13H22N4O2/c1-15(2)8-13(18)16-5-11(9-19-3)6-17-10-14-4-12(17)7-16/h4,10-11H,5-9H2,1-3H3. The summed E-state index contributed by atoms with van der Waals surface area (Å²) in [4.78, 5) is 20.2. The molecule has 0 saturated heterocycles. The van der Waals surface area contributed by atoms with E-state index in [1.165, 1.54) is 0 Å². The van der Waals surface area contributed by atoms with Crippen molar-refractivity contribution >= 4 is 5.91 Å². The van der Waals surface area contributed by atoms with E-state index >= 15 is 0 Å². The summed E-state index contributed by atoms with van der Waals surface area (Å²) in [6.45, 7) is 3.32. The number of hydrogen-bond donors (Lipinski definition) is 0. The number of rotatable bonds is 4. The van der Waals surface area contributed by atoms with Gasteiger partial charge in [0.2, 0.25) is 5.91 Å². The monoisotopic (exact) mass is 266 g/mol. The summed E-state index contributed by atoms with van der Waals surface area (Å²) >= 11 is 0. The van der Waals surface area contributed by atoms with Crippen LogP contribution in [-0.4, -0.2) is 66.2 Å². The van der Waals surface area contributed by atoms with E-state index in [1.54, 1.807) is 7.11 Å². The number of likely N-dealkylation sites (N-methyl/N-ethyl adjacent to an activating group) is 1. The number of ether oxygens (including phenoxy) is 1. The maximum atomic E-state index is 12.3. The average Bonchev–Trinajstić information content (AvgIpc) is 2.68. The molecule has 0 N–H and O–H groups in total. The lowest BCUT2D eigenvalue weighted by atomic mass is 10.1. The zero-order chi connectivity index (χ0) is 13.8. The van der Waals surface area contributed by atoms with Crippen LogP contribution >= 0.6 is 0 Å². The fourth-order valence-corrected chi connectivity index (χ4v) is 2.45. The Morgan fingerprint density at radius 1 is 1.53 bits per heavy atom. The Kier molecular flexibility index (Phi) is 4.55. The number of fused-ring (bicyclic) bond motifs is 1. The summed E-state index contributed by atoms with van der Waals surface area (Å²) < 4.78 is 7.37. The SMILES string of the molecule is COCC1CN(C(=O)CN(C)C)Cc2cncn2C1. The fraction of sp³-hybridized carbons (Fsp3) is 0.692. The molecule has 0 fully saturated rings. The molecule has 1 aliphatic heterocycles. The lowest BCUT2D eigenvalue weighted by molar-refractivity contribution is -0.133. The molecule has 0 aliphatic carbocycles. The third-order valence-corrected chi connectivity index (χ3v) is 3.29. The molecule has 6 heteroatoms. The van der Waals surface area contributed by atoms with Gasteiger partial charge in [0.05, 0.1) is 31.7 Å². The van der Waals surface area contributed by atoms with Crippen LogP contribution in [0.5, 0.6) is 0 Å². The van der Waals surface area contributed by atoms with Gasteiger partial charge in [0.25, 0.3) is 0 Å². The first-order valence-corrected chi connectivity index (χ1v) is 6.50. The van der Waals surface area contributed by atoms with Crippen LogP contribution in [0.2, 0.25) is 0 Å². The van der Waals surface area contributed by atoms with Crippen LogP contribution in [0, 0.1) is 5.92 Å². The van der Waals surface area contributed by atoms with Gasteiger partial charge in [-0.15, -0.1) is 0 Å². The Labute approximate surface area is 114 Å². The predicted molar refractivity (Wildman–Crippen MR) is 71.6 cm³/mol. The van der Waals surface area contributed by atoms with Gasteiger partial charge in [0.1, 0.15) is 0 Å². The Morgan fingerprint density at radius 2 is 2.32 bits per heavy atom. The molecule has 2 rings (SSSR count). The van der Waals surface area contributed by atoms with Gasteiger partial charge in [0, 0.05) is 32.3 Å². The maximum Gasteiger partial charge on any atom is 0.237 e. The summed E-state index contributed by atoms with van der Waals surface area (Å²) in [6.07, 6.45) is 3.67. The highest BCUT2D eigenvalue weighted by molar-refractivity contribution is 5.78. The van der Waals surface area contributed by atoms with Crippen LogP contribution in [0.4, 0.5) is 0 Å². The van der Waals surface area contributed by atoms with Crippen molar-refractivity contribution in [2.75, 3.05) is 40.9 Å². The van der Waals surface area contributed by atoms with Gasteiger partial charge in [-0.2, -0.15) is 0 Å². The van der Waals surface area contributed by atoms with E-state index in [4.69, 9.17) is 4.74 Å². The van der Waals surface area contributed by atoms with Gasteiger partial charge in [-0.3, -0.25) is 4.79 Å². The lowest BCUT2D eigenvalue weighted by Crippen LogP contribution is -2.40. The highest BCUT2D eigenvalue weighted by Crippen LogP contribution is 2.16.